The molecular weight excluding hydrogens is 270 g/mol. The van der Waals surface area contributed by atoms with Crippen LogP contribution in [0.5, 0.6) is 0 Å². The minimum absolute atomic E-state index is 0.171. The summed E-state index contributed by atoms with van der Waals surface area (Å²) >= 11 is 0. The average molecular weight is 296 g/mol. The zero-order valence-electron chi connectivity index (χ0n) is 13.5. The van der Waals surface area contributed by atoms with E-state index in [0.29, 0.717) is 12.8 Å². The molecule has 0 bridgehead atoms. The molecule has 0 amide bonds. The van der Waals surface area contributed by atoms with Gasteiger partial charge in [-0.25, -0.2) is 13.9 Å². The van der Waals surface area contributed by atoms with Crippen molar-refractivity contribution < 1.29 is 19.3 Å². The number of hydroxylamine groups is 2. The Morgan fingerprint density at radius 2 is 1.90 bits per heavy atom. The van der Waals surface area contributed by atoms with Crippen LogP contribution in [0.3, 0.4) is 0 Å². The predicted octanol–water partition coefficient (Wildman–Crippen LogP) is 1.27. The van der Waals surface area contributed by atoms with Crippen LogP contribution in [0, 0.1) is 0 Å². The van der Waals surface area contributed by atoms with Gasteiger partial charge in [-0.3, -0.25) is 0 Å². The number of esters is 1. The van der Waals surface area contributed by atoms with Crippen molar-refractivity contribution in [3.05, 3.63) is 18.7 Å². The molecule has 0 aliphatic carbocycles. The zero-order chi connectivity index (χ0) is 15.8. The van der Waals surface area contributed by atoms with Crippen LogP contribution in [-0.4, -0.2) is 38.0 Å². The van der Waals surface area contributed by atoms with Gasteiger partial charge in [-0.05, 0) is 27.7 Å². The van der Waals surface area contributed by atoms with Gasteiger partial charge < -0.3 is 9.94 Å². The number of hydrogen-bond donors (Lipinski definition) is 1. The van der Waals surface area contributed by atoms with Crippen molar-refractivity contribution in [1.29, 1.82) is 0 Å². The maximum absolute atomic E-state index is 12.1. The van der Waals surface area contributed by atoms with E-state index >= 15 is 0 Å². The average Bonchev–Trinajstić information content (AvgIpc) is 2.70. The van der Waals surface area contributed by atoms with Crippen LogP contribution < -0.4 is 4.57 Å². The van der Waals surface area contributed by atoms with Gasteiger partial charge in [-0.1, -0.05) is 0 Å². The third-order valence-electron chi connectivity index (χ3n) is 4.03. The van der Waals surface area contributed by atoms with Crippen LogP contribution >= 0.6 is 0 Å². The second-order valence-corrected chi connectivity index (χ2v) is 7.21. The van der Waals surface area contributed by atoms with Gasteiger partial charge in [0.1, 0.15) is 18.5 Å². The standard InChI is InChI=1S/C15H26N3O3/c1-14(2)8-12(9-15(3,4)18(14)20)21-13(19)10-17-7-6-16(5)11-17/h6-7,11-12,20H,8-10H2,1-5H3/q+1. The van der Waals surface area contributed by atoms with Crippen molar-refractivity contribution in [2.75, 3.05) is 0 Å². The molecule has 0 unspecified atom stereocenters. The fraction of sp³-hybridized carbons (Fsp3) is 0.733. The van der Waals surface area contributed by atoms with E-state index in [-0.39, 0.29) is 18.6 Å². The van der Waals surface area contributed by atoms with Crippen molar-refractivity contribution in [2.45, 2.75) is 64.3 Å². The minimum atomic E-state index is -0.410. The van der Waals surface area contributed by atoms with E-state index in [1.807, 2.05) is 58.0 Å². The van der Waals surface area contributed by atoms with Crippen molar-refractivity contribution >= 4 is 5.97 Å². The summed E-state index contributed by atoms with van der Waals surface area (Å²) in [4.78, 5) is 12.1. The van der Waals surface area contributed by atoms with Crippen LogP contribution in [0.2, 0.25) is 0 Å². The van der Waals surface area contributed by atoms with Crippen LogP contribution in [0.4, 0.5) is 0 Å². The summed E-state index contributed by atoms with van der Waals surface area (Å²) in [5, 5.41) is 11.6. The van der Waals surface area contributed by atoms with E-state index < -0.39 is 11.1 Å². The second-order valence-electron chi connectivity index (χ2n) is 7.21. The Balaban J connectivity index is 1.98. The van der Waals surface area contributed by atoms with E-state index in [1.54, 1.807) is 4.57 Å². The quantitative estimate of drug-likeness (QED) is 0.674. The normalized spacial score (nSPS) is 22.2. The molecule has 0 aromatic carbocycles. The first-order valence-electron chi connectivity index (χ1n) is 7.30. The Bertz CT molecular complexity index is 504. The highest BCUT2D eigenvalue weighted by Gasteiger charge is 2.46. The fourth-order valence-corrected chi connectivity index (χ4v) is 3.23. The maximum Gasteiger partial charge on any atom is 0.348 e. The Labute approximate surface area is 125 Å². The van der Waals surface area contributed by atoms with E-state index in [1.165, 1.54) is 5.06 Å². The number of imidazole rings is 1. The summed E-state index contributed by atoms with van der Waals surface area (Å²) in [6.45, 7) is 8.05. The number of nitrogens with zero attached hydrogens (tertiary/aromatic N) is 3. The van der Waals surface area contributed by atoms with Gasteiger partial charge in [0, 0.05) is 23.9 Å². The minimum Gasteiger partial charge on any atom is -0.459 e. The molecule has 1 aliphatic heterocycles. The van der Waals surface area contributed by atoms with Crippen LogP contribution in [0.15, 0.2) is 18.7 Å². The van der Waals surface area contributed by atoms with Gasteiger partial charge in [-0.2, -0.15) is 5.06 Å². The molecule has 1 aliphatic rings. The van der Waals surface area contributed by atoms with Crippen molar-refractivity contribution in [2.24, 2.45) is 7.05 Å². The van der Waals surface area contributed by atoms with E-state index in [0.717, 1.165) is 0 Å². The molecule has 1 aromatic heterocycles. The molecular formula is C15H26N3O3+. The first-order chi connectivity index (χ1) is 9.60. The topological polar surface area (TPSA) is 58.6 Å². The lowest BCUT2D eigenvalue weighted by Crippen LogP contribution is -2.60. The molecule has 1 saturated heterocycles. The van der Waals surface area contributed by atoms with Gasteiger partial charge >= 0.3 is 5.97 Å². The molecule has 1 aromatic rings. The lowest BCUT2D eigenvalue weighted by molar-refractivity contribution is -0.671. The molecule has 1 N–H and O–H groups in total. The Hall–Kier alpha value is -1.40. The van der Waals surface area contributed by atoms with Crippen molar-refractivity contribution in [3.8, 4) is 0 Å². The van der Waals surface area contributed by atoms with Gasteiger partial charge in [-0.15, -0.1) is 0 Å². The SMILES string of the molecule is C[n+]1ccn(CC(=O)OC2CC(C)(C)N(O)C(C)(C)C2)c1. The number of aryl methyl sites for hydroxylation is 1. The molecule has 1 fully saturated rings. The third kappa shape index (κ3) is 3.63. The fourth-order valence-electron chi connectivity index (χ4n) is 3.23. The highest BCUT2D eigenvalue weighted by atomic mass is 16.5. The summed E-state index contributed by atoms with van der Waals surface area (Å²) in [6, 6.07) is 0. The van der Waals surface area contributed by atoms with Crippen LogP contribution in [-0.2, 0) is 23.1 Å². The smallest absolute Gasteiger partial charge is 0.348 e. The summed E-state index contributed by atoms with van der Waals surface area (Å²) in [5.74, 6) is -0.241. The lowest BCUT2D eigenvalue weighted by Gasteiger charge is -2.50. The van der Waals surface area contributed by atoms with Gasteiger partial charge in [0.25, 0.3) is 0 Å². The first kappa shape index (κ1) is 16.0. The monoisotopic (exact) mass is 296 g/mol. The predicted molar refractivity (Wildman–Crippen MR) is 76.5 cm³/mol. The summed E-state index contributed by atoms with van der Waals surface area (Å²) in [5.41, 5.74) is -0.820. The van der Waals surface area contributed by atoms with Crippen LogP contribution in [0.1, 0.15) is 40.5 Å². The highest BCUT2D eigenvalue weighted by molar-refractivity contribution is 5.69. The molecule has 21 heavy (non-hydrogen) atoms. The molecule has 118 valence electrons. The van der Waals surface area contributed by atoms with Gasteiger partial charge in [0.05, 0.1) is 7.05 Å². The lowest BCUT2D eigenvalue weighted by atomic mass is 9.80. The molecule has 0 atom stereocenters. The maximum atomic E-state index is 12.1. The largest absolute Gasteiger partial charge is 0.459 e. The Morgan fingerprint density at radius 3 is 2.38 bits per heavy atom. The molecule has 0 spiro atoms. The number of rotatable bonds is 3. The number of carbonyl (C=O) groups excluding carboxylic acids is 1. The summed E-state index contributed by atoms with van der Waals surface area (Å²) in [6.07, 6.45) is 6.63. The van der Waals surface area contributed by atoms with E-state index in [2.05, 4.69) is 0 Å². The molecule has 2 heterocycles. The van der Waals surface area contributed by atoms with Gasteiger partial charge in [0.15, 0.2) is 6.54 Å². The number of ether oxygens (including phenoxy) is 1. The van der Waals surface area contributed by atoms with Crippen molar-refractivity contribution in [1.82, 2.24) is 9.63 Å². The highest BCUT2D eigenvalue weighted by Crippen LogP contribution is 2.37. The molecule has 0 saturated carbocycles. The van der Waals surface area contributed by atoms with Gasteiger partial charge in [0.2, 0.25) is 6.33 Å². The number of hydrogen-bond acceptors (Lipinski definition) is 4. The van der Waals surface area contributed by atoms with E-state index in [9.17, 15) is 10.0 Å². The summed E-state index contributed by atoms with van der Waals surface area (Å²) in [7, 11) is 1.91. The number of aromatic nitrogens is 2. The summed E-state index contributed by atoms with van der Waals surface area (Å²) < 4.78 is 9.29. The van der Waals surface area contributed by atoms with E-state index in [4.69, 9.17) is 4.74 Å². The Morgan fingerprint density at radius 1 is 1.33 bits per heavy atom. The zero-order valence-corrected chi connectivity index (χ0v) is 13.5. The molecule has 6 heteroatoms. The Kier molecular flexibility index (Phi) is 4.13. The molecule has 6 nitrogen and oxygen atoms in total. The second kappa shape index (κ2) is 5.42. The third-order valence-corrected chi connectivity index (χ3v) is 4.03. The van der Waals surface area contributed by atoms with Crippen molar-refractivity contribution in [3.63, 3.8) is 0 Å². The number of carbonyl (C=O) groups is 1. The number of piperidine rings is 1. The molecule has 2 rings (SSSR count). The first-order valence-corrected chi connectivity index (χ1v) is 7.30. The van der Waals surface area contributed by atoms with Crippen LogP contribution in [0.25, 0.3) is 0 Å². The molecule has 0 radical (unpaired) electrons.